The van der Waals surface area contributed by atoms with E-state index in [4.69, 9.17) is 4.74 Å². The van der Waals surface area contributed by atoms with Gasteiger partial charge in [0.25, 0.3) is 0 Å². The summed E-state index contributed by atoms with van der Waals surface area (Å²) in [6, 6.07) is 0. The van der Waals surface area contributed by atoms with Crippen LogP contribution in [0.25, 0.3) is 0 Å². The van der Waals surface area contributed by atoms with Crippen molar-refractivity contribution in [2.75, 3.05) is 20.3 Å². The molecule has 1 amide bonds. The number of carbonyl (C=O) groups excluding carboxylic acids is 1. The number of allylic oxidation sites excluding steroid dienone is 2. The number of rotatable bonds is 7. The minimum Gasteiger partial charge on any atom is -0.388 e. The van der Waals surface area contributed by atoms with Crippen molar-refractivity contribution >= 4 is 5.91 Å². The third-order valence-corrected chi connectivity index (χ3v) is 3.07. The van der Waals surface area contributed by atoms with Crippen LogP contribution in [0.5, 0.6) is 0 Å². The lowest BCUT2D eigenvalue weighted by molar-refractivity contribution is -0.123. The van der Waals surface area contributed by atoms with Crippen LogP contribution in [0.4, 0.5) is 0 Å². The van der Waals surface area contributed by atoms with E-state index in [1.807, 2.05) is 0 Å². The Morgan fingerprint density at radius 1 is 1.65 bits per heavy atom. The van der Waals surface area contributed by atoms with Gasteiger partial charge in [0.1, 0.15) is 0 Å². The summed E-state index contributed by atoms with van der Waals surface area (Å²) >= 11 is 0. The van der Waals surface area contributed by atoms with Crippen LogP contribution < -0.4 is 5.32 Å². The first kappa shape index (κ1) is 14.2. The molecule has 98 valence electrons. The molecule has 0 saturated carbocycles. The van der Waals surface area contributed by atoms with Crippen molar-refractivity contribution in [3.63, 3.8) is 0 Å². The molecular weight excluding hydrogens is 218 g/mol. The fraction of sp³-hybridized carbons (Fsp3) is 0.769. The van der Waals surface area contributed by atoms with Gasteiger partial charge in [-0.25, -0.2) is 0 Å². The van der Waals surface area contributed by atoms with Crippen molar-refractivity contribution in [1.29, 1.82) is 0 Å². The molecule has 0 heterocycles. The Bertz CT molecular complexity index is 274. The van der Waals surface area contributed by atoms with Gasteiger partial charge in [0.15, 0.2) is 0 Å². The molecule has 0 aromatic heterocycles. The van der Waals surface area contributed by atoms with E-state index < -0.39 is 5.60 Å². The van der Waals surface area contributed by atoms with E-state index in [1.54, 1.807) is 14.0 Å². The molecule has 4 heteroatoms. The number of hydrogen-bond acceptors (Lipinski definition) is 3. The Morgan fingerprint density at radius 3 is 3.00 bits per heavy atom. The van der Waals surface area contributed by atoms with E-state index in [-0.39, 0.29) is 12.5 Å². The molecule has 0 aromatic rings. The van der Waals surface area contributed by atoms with Crippen LogP contribution in [0, 0.1) is 5.92 Å². The van der Waals surface area contributed by atoms with Crippen LogP contribution in [-0.2, 0) is 9.53 Å². The maximum atomic E-state index is 11.6. The topological polar surface area (TPSA) is 58.6 Å². The number of ether oxygens (including phenoxy) is 1. The van der Waals surface area contributed by atoms with Gasteiger partial charge in [-0.3, -0.25) is 4.79 Å². The highest BCUT2D eigenvalue weighted by Crippen LogP contribution is 2.20. The Kier molecular flexibility index (Phi) is 5.65. The van der Waals surface area contributed by atoms with Crippen molar-refractivity contribution in [1.82, 2.24) is 5.32 Å². The highest BCUT2D eigenvalue weighted by atomic mass is 16.5. The molecule has 1 aliphatic rings. The van der Waals surface area contributed by atoms with Crippen molar-refractivity contribution in [2.45, 2.75) is 38.2 Å². The predicted octanol–water partition coefficient (Wildman–Crippen LogP) is 1.25. The molecule has 0 bridgehead atoms. The van der Waals surface area contributed by atoms with E-state index in [0.717, 1.165) is 12.8 Å². The van der Waals surface area contributed by atoms with E-state index >= 15 is 0 Å². The zero-order valence-electron chi connectivity index (χ0n) is 10.7. The van der Waals surface area contributed by atoms with Gasteiger partial charge in [0, 0.05) is 33.1 Å². The Morgan fingerprint density at radius 2 is 2.41 bits per heavy atom. The van der Waals surface area contributed by atoms with Gasteiger partial charge in [0.2, 0.25) is 5.91 Å². The van der Waals surface area contributed by atoms with Crippen molar-refractivity contribution < 1.29 is 14.6 Å². The van der Waals surface area contributed by atoms with Crippen molar-refractivity contribution in [3.8, 4) is 0 Å². The fourth-order valence-corrected chi connectivity index (χ4v) is 1.87. The summed E-state index contributed by atoms with van der Waals surface area (Å²) in [6.45, 7) is 2.49. The molecule has 2 unspecified atom stereocenters. The van der Waals surface area contributed by atoms with Gasteiger partial charge in [-0.1, -0.05) is 12.2 Å². The maximum absolute atomic E-state index is 11.6. The van der Waals surface area contributed by atoms with Gasteiger partial charge in [0.05, 0.1) is 5.60 Å². The number of nitrogens with one attached hydrogen (secondary N) is 1. The molecule has 0 spiro atoms. The average molecular weight is 241 g/mol. The first-order valence-corrected chi connectivity index (χ1v) is 6.18. The quantitative estimate of drug-likeness (QED) is 0.659. The molecule has 2 atom stereocenters. The first-order chi connectivity index (χ1) is 8.03. The second-order valence-electron chi connectivity index (χ2n) is 4.99. The first-order valence-electron chi connectivity index (χ1n) is 6.18. The molecule has 0 saturated heterocycles. The van der Waals surface area contributed by atoms with Crippen molar-refractivity contribution in [2.24, 2.45) is 5.92 Å². The Labute approximate surface area is 103 Å². The number of methoxy groups -OCH3 is 1. The standard InChI is InChI=1S/C13H23NO3/c1-13(16,7-8-17-2)10-14-12(15)9-11-5-3-4-6-11/h3,5,11,16H,4,6-10H2,1-2H3,(H,14,15). The molecule has 0 aliphatic heterocycles. The molecular formula is C13H23NO3. The molecule has 0 fully saturated rings. The summed E-state index contributed by atoms with van der Waals surface area (Å²) in [5.74, 6) is 0.387. The van der Waals surface area contributed by atoms with Crippen LogP contribution >= 0.6 is 0 Å². The van der Waals surface area contributed by atoms with Gasteiger partial charge < -0.3 is 15.2 Å². The molecule has 1 aliphatic carbocycles. The monoisotopic (exact) mass is 241 g/mol. The molecule has 0 radical (unpaired) electrons. The molecule has 2 N–H and O–H groups in total. The summed E-state index contributed by atoms with van der Waals surface area (Å²) in [6.07, 6.45) is 7.40. The van der Waals surface area contributed by atoms with Crippen LogP contribution in [0.2, 0.25) is 0 Å². The van der Waals surface area contributed by atoms with E-state index in [0.29, 0.717) is 25.4 Å². The van der Waals surface area contributed by atoms with Crippen LogP contribution in [0.15, 0.2) is 12.2 Å². The lowest BCUT2D eigenvalue weighted by Gasteiger charge is -2.23. The number of carbonyl (C=O) groups is 1. The molecule has 0 aromatic carbocycles. The second-order valence-corrected chi connectivity index (χ2v) is 4.99. The average Bonchev–Trinajstić information content (AvgIpc) is 2.77. The number of hydrogen-bond donors (Lipinski definition) is 2. The highest BCUT2D eigenvalue weighted by molar-refractivity contribution is 5.76. The van der Waals surface area contributed by atoms with Gasteiger partial charge in [-0.2, -0.15) is 0 Å². The summed E-state index contributed by atoms with van der Waals surface area (Å²) in [5, 5.41) is 12.7. The zero-order chi connectivity index (χ0) is 12.7. The Hall–Kier alpha value is -0.870. The third-order valence-electron chi connectivity index (χ3n) is 3.07. The minimum absolute atomic E-state index is 0.0132. The Balaban J connectivity index is 2.19. The summed E-state index contributed by atoms with van der Waals surface area (Å²) in [7, 11) is 1.60. The second kappa shape index (κ2) is 6.77. The third kappa shape index (κ3) is 5.84. The largest absolute Gasteiger partial charge is 0.388 e. The molecule has 4 nitrogen and oxygen atoms in total. The predicted molar refractivity (Wildman–Crippen MR) is 66.6 cm³/mol. The lowest BCUT2D eigenvalue weighted by atomic mass is 10.0. The van der Waals surface area contributed by atoms with Gasteiger partial charge in [-0.15, -0.1) is 0 Å². The number of amides is 1. The van der Waals surface area contributed by atoms with E-state index in [9.17, 15) is 9.90 Å². The highest BCUT2D eigenvalue weighted by Gasteiger charge is 2.21. The normalized spacial score (nSPS) is 22.4. The van der Waals surface area contributed by atoms with Gasteiger partial charge in [-0.05, 0) is 25.7 Å². The lowest BCUT2D eigenvalue weighted by Crippen LogP contribution is -2.41. The van der Waals surface area contributed by atoms with E-state index in [1.165, 1.54) is 0 Å². The fourth-order valence-electron chi connectivity index (χ4n) is 1.87. The summed E-state index contributed by atoms with van der Waals surface area (Å²) in [4.78, 5) is 11.6. The van der Waals surface area contributed by atoms with E-state index in [2.05, 4.69) is 17.5 Å². The summed E-state index contributed by atoms with van der Waals surface area (Å²) in [5.41, 5.74) is -0.892. The van der Waals surface area contributed by atoms with Crippen LogP contribution in [0.3, 0.4) is 0 Å². The zero-order valence-corrected chi connectivity index (χ0v) is 10.7. The van der Waals surface area contributed by atoms with Crippen LogP contribution in [0.1, 0.15) is 32.6 Å². The molecule has 1 rings (SSSR count). The van der Waals surface area contributed by atoms with Gasteiger partial charge >= 0.3 is 0 Å². The maximum Gasteiger partial charge on any atom is 0.220 e. The van der Waals surface area contributed by atoms with Crippen LogP contribution in [-0.4, -0.2) is 36.9 Å². The van der Waals surface area contributed by atoms with Crippen molar-refractivity contribution in [3.05, 3.63) is 12.2 Å². The summed E-state index contributed by atoms with van der Waals surface area (Å²) < 4.78 is 4.91. The number of aliphatic hydroxyl groups is 1. The minimum atomic E-state index is -0.892. The molecule has 17 heavy (non-hydrogen) atoms. The SMILES string of the molecule is COCCC(C)(O)CNC(=O)CC1C=CCC1. The smallest absolute Gasteiger partial charge is 0.220 e.